The summed E-state index contributed by atoms with van der Waals surface area (Å²) in [6, 6.07) is 7.56. The number of anilines is 1. The van der Waals surface area contributed by atoms with E-state index in [0.717, 1.165) is 18.5 Å². The molecule has 1 aromatic rings. The average molecular weight is 216 g/mol. The molecule has 2 heteroatoms. The van der Waals surface area contributed by atoms with Crippen LogP contribution in [0.5, 0.6) is 0 Å². The van der Waals surface area contributed by atoms with Gasteiger partial charge in [-0.05, 0) is 43.7 Å². The smallest absolute Gasteiger partial charge is 0.0373 e. The first kappa shape index (κ1) is 10.2. The average Bonchev–Trinajstić information content (AvgIpc) is 3.09. The van der Waals surface area contributed by atoms with Crippen molar-refractivity contribution in [3.05, 3.63) is 29.3 Å². The molecule has 1 aromatic carbocycles. The van der Waals surface area contributed by atoms with Gasteiger partial charge in [-0.2, -0.15) is 0 Å². The maximum Gasteiger partial charge on any atom is 0.0373 e. The standard InChI is InChI=1S/C14H20N2/c1-10-2-5-14-12(6-10)7-11(9-16-14)8-15-13-3-4-13/h2,5-6,11,13,15-16H,3-4,7-9H2,1H3. The predicted molar refractivity (Wildman–Crippen MR) is 67.9 cm³/mol. The van der Waals surface area contributed by atoms with Crippen LogP contribution in [-0.2, 0) is 6.42 Å². The van der Waals surface area contributed by atoms with Gasteiger partial charge in [0.05, 0.1) is 0 Å². The van der Waals surface area contributed by atoms with Crippen LogP contribution in [0.1, 0.15) is 24.0 Å². The van der Waals surface area contributed by atoms with Crippen LogP contribution in [0.3, 0.4) is 0 Å². The molecule has 1 aliphatic heterocycles. The van der Waals surface area contributed by atoms with Crippen molar-refractivity contribution in [2.45, 2.75) is 32.2 Å². The molecule has 0 saturated heterocycles. The van der Waals surface area contributed by atoms with E-state index in [1.807, 2.05) is 0 Å². The van der Waals surface area contributed by atoms with Crippen LogP contribution in [0.25, 0.3) is 0 Å². The quantitative estimate of drug-likeness (QED) is 0.810. The van der Waals surface area contributed by atoms with E-state index in [9.17, 15) is 0 Å². The lowest BCUT2D eigenvalue weighted by Gasteiger charge is -2.26. The van der Waals surface area contributed by atoms with Crippen LogP contribution in [0, 0.1) is 12.8 Å². The fraction of sp³-hybridized carbons (Fsp3) is 0.571. The zero-order valence-electron chi connectivity index (χ0n) is 9.92. The second-order valence-electron chi connectivity index (χ2n) is 5.29. The van der Waals surface area contributed by atoms with Crippen LogP contribution in [-0.4, -0.2) is 19.1 Å². The van der Waals surface area contributed by atoms with Crippen LogP contribution in [0.2, 0.25) is 0 Å². The highest BCUT2D eigenvalue weighted by Gasteiger charge is 2.23. The molecule has 86 valence electrons. The first-order valence-electron chi connectivity index (χ1n) is 6.38. The van der Waals surface area contributed by atoms with Crippen LogP contribution in [0.15, 0.2) is 18.2 Å². The Labute approximate surface area is 97.4 Å². The zero-order chi connectivity index (χ0) is 11.0. The molecule has 0 amide bonds. The van der Waals surface area contributed by atoms with Crippen molar-refractivity contribution in [1.29, 1.82) is 0 Å². The SMILES string of the molecule is Cc1ccc2c(c1)CC(CNC1CC1)CN2. The lowest BCUT2D eigenvalue weighted by molar-refractivity contribution is 0.482. The summed E-state index contributed by atoms with van der Waals surface area (Å²) in [6.07, 6.45) is 4.00. The normalized spacial score (nSPS) is 23.7. The Balaban J connectivity index is 1.64. The fourth-order valence-corrected chi connectivity index (χ4v) is 2.47. The van der Waals surface area contributed by atoms with Crippen LogP contribution >= 0.6 is 0 Å². The molecular formula is C14H20N2. The highest BCUT2D eigenvalue weighted by molar-refractivity contribution is 5.54. The Hall–Kier alpha value is -1.02. The topological polar surface area (TPSA) is 24.1 Å². The van der Waals surface area contributed by atoms with Crippen molar-refractivity contribution >= 4 is 5.69 Å². The van der Waals surface area contributed by atoms with Crippen LogP contribution in [0.4, 0.5) is 5.69 Å². The molecule has 1 unspecified atom stereocenters. The summed E-state index contributed by atoms with van der Waals surface area (Å²) in [5.74, 6) is 0.759. The Morgan fingerprint density at radius 3 is 3.06 bits per heavy atom. The minimum absolute atomic E-state index is 0.759. The Kier molecular flexibility index (Phi) is 2.60. The van der Waals surface area contributed by atoms with E-state index in [1.165, 1.54) is 42.6 Å². The van der Waals surface area contributed by atoms with E-state index in [4.69, 9.17) is 0 Å². The summed E-state index contributed by atoms with van der Waals surface area (Å²) >= 11 is 0. The zero-order valence-corrected chi connectivity index (χ0v) is 9.92. The maximum atomic E-state index is 3.63. The van der Waals surface area contributed by atoms with Crippen molar-refractivity contribution < 1.29 is 0 Å². The van der Waals surface area contributed by atoms with Gasteiger partial charge < -0.3 is 10.6 Å². The number of rotatable bonds is 3. The minimum Gasteiger partial charge on any atom is -0.384 e. The summed E-state index contributed by atoms with van der Waals surface area (Å²) in [7, 11) is 0. The molecule has 0 bridgehead atoms. The Morgan fingerprint density at radius 1 is 1.38 bits per heavy atom. The number of hydrogen-bond donors (Lipinski definition) is 2. The molecule has 16 heavy (non-hydrogen) atoms. The lowest BCUT2D eigenvalue weighted by atomic mass is 9.93. The maximum absolute atomic E-state index is 3.63. The van der Waals surface area contributed by atoms with Gasteiger partial charge in [-0.25, -0.2) is 0 Å². The highest BCUT2D eigenvalue weighted by Crippen LogP contribution is 2.26. The fourth-order valence-electron chi connectivity index (χ4n) is 2.47. The molecule has 2 N–H and O–H groups in total. The Morgan fingerprint density at radius 2 is 2.25 bits per heavy atom. The third-order valence-corrected chi connectivity index (χ3v) is 3.62. The summed E-state index contributed by atoms with van der Waals surface area (Å²) in [5.41, 5.74) is 4.21. The molecule has 1 fully saturated rings. The molecule has 1 heterocycles. The van der Waals surface area contributed by atoms with E-state index in [-0.39, 0.29) is 0 Å². The van der Waals surface area contributed by atoms with Gasteiger partial charge >= 0.3 is 0 Å². The summed E-state index contributed by atoms with van der Waals surface area (Å²) in [6.45, 7) is 4.47. The van der Waals surface area contributed by atoms with Gasteiger partial charge in [-0.3, -0.25) is 0 Å². The van der Waals surface area contributed by atoms with E-state index in [2.05, 4.69) is 35.8 Å². The highest BCUT2D eigenvalue weighted by atomic mass is 15.0. The van der Waals surface area contributed by atoms with Gasteiger partial charge in [-0.1, -0.05) is 17.7 Å². The third-order valence-electron chi connectivity index (χ3n) is 3.62. The molecule has 2 nitrogen and oxygen atoms in total. The molecule has 2 aliphatic rings. The molecular weight excluding hydrogens is 196 g/mol. The first-order valence-corrected chi connectivity index (χ1v) is 6.38. The molecule has 3 rings (SSSR count). The molecule has 1 saturated carbocycles. The molecule has 0 radical (unpaired) electrons. The molecule has 0 spiro atoms. The predicted octanol–water partition coefficient (Wildman–Crippen LogP) is 2.33. The van der Waals surface area contributed by atoms with Gasteiger partial charge in [0.2, 0.25) is 0 Å². The number of benzene rings is 1. The van der Waals surface area contributed by atoms with E-state index in [1.54, 1.807) is 0 Å². The number of fused-ring (bicyclic) bond motifs is 1. The largest absolute Gasteiger partial charge is 0.384 e. The van der Waals surface area contributed by atoms with Crippen molar-refractivity contribution in [1.82, 2.24) is 5.32 Å². The van der Waals surface area contributed by atoms with E-state index < -0.39 is 0 Å². The van der Waals surface area contributed by atoms with Gasteiger partial charge in [0.25, 0.3) is 0 Å². The minimum atomic E-state index is 0.759. The Bertz CT molecular complexity index is 382. The number of aryl methyl sites for hydroxylation is 1. The monoisotopic (exact) mass is 216 g/mol. The van der Waals surface area contributed by atoms with Crippen molar-refractivity contribution in [2.75, 3.05) is 18.4 Å². The molecule has 1 atom stereocenters. The van der Waals surface area contributed by atoms with Crippen molar-refractivity contribution in [2.24, 2.45) is 5.92 Å². The number of nitrogens with one attached hydrogen (secondary N) is 2. The number of hydrogen-bond acceptors (Lipinski definition) is 2. The molecule has 1 aliphatic carbocycles. The lowest BCUT2D eigenvalue weighted by Crippen LogP contribution is -2.33. The van der Waals surface area contributed by atoms with Crippen molar-refractivity contribution in [3.8, 4) is 0 Å². The van der Waals surface area contributed by atoms with Gasteiger partial charge in [0.15, 0.2) is 0 Å². The summed E-state index contributed by atoms with van der Waals surface area (Å²) in [5, 5.41) is 7.18. The summed E-state index contributed by atoms with van der Waals surface area (Å²) in [4.78, 5) is 0. The van der Waals surface area contributed by atoms with E-state index >= 15 is 0 Å². The second kappa shape index (κ2) is 4.10. The second-order valence-corrected chi connectivity index (χ2v) is 5.29. The third kappa shape index (κ3) is 2.22. The summed E-state index contributed by atoms with van der Waals surface area (Å²) < 4.78 is 0. The van der Waals surface area contributed by atoms with Gasteiger partial charge in [-0.15, -0.1) is 0 Å². The first-order chi connectivity index (χ1) is 7.81. The van der Waals surface area contributed by atoms with E-state index in [0.29, 0.717) is 0 Å². The van der Waals surface area contributed by atoms with Gasteiger partial charge in [0, 0.05) is 24.8 Å². The van der Waals surface area contributed by atoms with Crippen LogP contribution < -0.4 is 10.6 Å². The molecule has 0 aromatic heterocycles. The van der Waals surface area contributed by atoms with Crippen molar-refractivity contribution in [3.63, 3.8) is 0 Å². The van der Waals surface area contributed by atoms with Gasteiger partial charge in [0.1, 0.15) is 0 Å².